The molecule has 0 spiro atoms. The van der Waals surface area contributed by atoms with Crippen molar-refractivity contribution >= 4 is 27.3 Å². The average molecular weight is 381 g/mol. The summed E-state index contributed by atoms with van der Waals surface area (Å²) in [6.07, 6.45) is 2.18. The van der Waals surface area contributed by atoms with Crippen LogP contribution in [0.1, 0.15) is 12.6 Å². The summed E-state index contributed by atoms with van der Waals surface area (Å²) in [5.74, 6) is 0. The number of imidazole rings is 1. The molecule has 0 aliphatic rings. The molecule has 130 valence electrons. The van der Waals surface area contributed by atoms with E-state index < -0.39 is 30.9 Å². The van der Waals surface area contributed by atoms with Gasteiger partial charge in [0.15, 0.2) is 5.16 Å². The first-order valence-corrected chi connectivity index (χ1v) is 8.67. The molecular weight excluding hydrogens is 371 g/mol. The highest BCUT2D eigenvalue weighted by Crippen LogP contribution is 2.37. The predicted octanol–water partition coefficient (Wildman–Crippen LogP) is 3.33. The number of aromatic nitrogens is 2. The molecule has 1 N–H and O–H groups in total. The summed E-state index contributed by atoms with van der Waals surface area (Å²) in [5, 5.41) is 11.4. The Bertz CT molecular complexity index is 878. The van der Waals surface area contributed by atoms with Crippen molar-refractivity contribution in [2.75, 3.05) is 0 Å². The van der Waals surface area contributed by atoms with Crippen molar-refractivity contribution in [3.05, 3.63) is 40.2 Å². The summed E-state index contributed by atoms with van der Waals surface area (Å²) in [6.45, 7) is 1.86. The van der Waals surface area contributed by atoms with Gasteiger partial charge in [0.1, 0.15) is 0 Å². The van der Waals surface area contributed by atoms with Gasteiger partial charge in [-0.3, -0.25) is 10.1 Å². The van der Waals surface area contributed by atoms with E-state index in [0.717, 1.165) is 23.5 Å². The molecule has 0 radical (unpaired) electrons. The Hall–Kier alpha value is -2.08. The van der Waals surface area contributed by atoms with E-state index in [1.54, 1.807) is 0 Å². The number of nitrogens with one attached hydrogen (secondary N) is 1. The maximum atomic E-state index is 12.6. The maximum Gasteiger partial charge on any atom is 0.501 e. The number of alkyl halides is 3. The van der Waals surface area contributed by atoms with Crippen LogP contribution in [0.5, 0.6) is 0 Å². The zero-order valence-corrected chi connectivity index (χ0v) is 13.6. The van der Waals surface area contributed by atoms with E-state index >= 15 is 0 Å². The first-order valence-electron chi connectivity index (χ1n) is 6.37. The number of sulfone groups is 1. The number of aryl methyl sites for hydroxylation is 1. The number of aromatic amines is 1. The van der Waals surface area contributed by atoms with E-state index in [-0.39, 0.29) is 4.90 Å². The van der Waals surface area contributed by atoms with Crippen LogP contribution >= 0.6 is 11.8 Å². The minimum absolute atomic E-state index is 0.0295. The largest absolute Gasteiger partial charge is 0.501 e. The number of rotatable bonds is 5. The zero-order chi connectivity index (χ0) is 18.1. The lowest BCUT2D eigenvalue weighted by Gasteiger charge is -2.09. The molecule has 0 aliphatic carbocycles. The summed E-state index contributed by atoms with van der Waals surface area (Å²) in [5.41, 5.74) is -5.51. The Morgan fingerprint density at radius 3 is 2.54 bits per heavy atom. The summed E-state index contributed by atoms with van der Waals surface area (Å²) < 4.78 is 60.4. The molecule has 1 aromatic heterocycles. The van der Waals surface area contributed by atoms with Gasteiger partial charge in [-0.25, -0.2) is 13.4 Å². The third-order valence-electron chi connectivity index (χ3n) is 2.93. The van der Waals surface area contributed by atoms with E-state index in [9.17, 15) is 31.7 Å². The third-order valence-corrected chi connectivity index (χ3v) is 5.38. The fourth-order valence-electron chi connectivity index (χ4n) is 1.70. The maximum absolute atomic E-state index is 12.6. The second-order valence-corrected chi connectivity index (χ2v) is 7.48. The van der Waals surface area contributed by atoms with Gasteiger partial charge < -0.3 is 4.98 Å². The summed E-state index contributed by atoms with van der Waals surface area (Å²) in [6, 6.07) is 2.03. The Morgan fingerprint density at radius 2 is 2.04 bits per heavy atom. The molecule has 12 heteroatoms. The Kier molecular flexibility index (Phi) is 4.90. The smallest absolute Gasteiger partial charge is 0.337 e. The van der Waals surface area contributed by atoms with Gasteiger partial charge in [-0.15, -0.1) is 0 Å². The number of halogens is 3. The first kappa shape index (κ1) is 18.3. The van der Waals surface area contributed by atoms with Crippen molar-refractivity contribution < 1.29 is 26.5 Å². The number of hydrogen-bond donors (Lipinski definition) is 1. The standard InChI is InChI=1S/C12H10F3N3O4S2/c1-2-7-6-16-11(17-7)23-10-4-3-8(5-9(10)18(19)20)24(21,22)12(13,14)15/h3-6H,2H2,1H3,(H,16,17). The van der Waals surface area contributed by atoms with Gasteiger partial charge in [-0.2, -0.15) is 13.2 Å². The predicted molar refractivity (Wildman–Crippen MR) is 78.4 cm³/mol. The quantitative estimate of drug-likeness (QED) is 0.629. The van der Waals surface area contributed by atoms with Gasteiger partial charge in [0.2, 0.25) is 0 Å². The molecular formula is C12H10F3N3O4S2. The molecule has 7 nitrogen and oxygen atoms in total. The van der Waals surface area contributed by atoms with Crippen molar-refractivity contribution in [1.29, 1.82) is 0 Å². The second kappa shape index (κ2) is 6.43. The number of nitro groups is 1. The third kappa shape index (κ3) is 3.53. The summed E-state index contributed by atoms with van der Waals surface area (Å²) in [7, 11) is -5.66. The number of H-pyrrole nitrogens is 1. The van der Waals surface area contributed by atoms with E-state index in [1.807, 2.05) is 6.92 Å². The molecule has 0 saturated carbocycles. The van der Waals surface area contributed by atoms with Gasteiger partial charge in [0.05, 0.1) is 14.7 Å². The Labute approximate surface area is 138 Å². The minimum atomic E-state index is -5.66. The number of hydrogen-bond acceptors (Lipinski definition) is 6. The van der Waals surface area contributed by atoms with Crippen LogP contribution in [-0.2, 0) is 16.3 Å². The van der Waals surface area contributed by atoms with Gasteiger partial charge in [-0.05, 0) is 30.3 Å². The zero-order valence-electron chi connectivity index (χ0n) is 12.0. The fourth-order valence-corrected chi connectivity index (χ4v) is 3.35. The molecule has 2 rings (SSSR count). The highest BCUT2D eigenvalue weighted by molar-refractivity contribution is 7.99. The Morgan fingerprint density at radius 1 is 1.38 bits per heavy atom. The van der Waals surface area contributed by atoms with E-state index in [0.29, 0.717) is 23.7 Å². The lowest BCUT2D eigenvalue weighted by molar-refractivity contribution is -0.388. The number of nitrogens with zero attached hydrogens (tertiary/aromatic N) is 2. The van der Waals surface area contributed by atoms with Crippen LogP contribution in [0.4, 0.5) is 18.9 Å². The fraction of sp³-hybridized carbons (Fsp3) is 0.250. The SMILES string of the molecule is CCc1cnc(Sc2ccc(S(=O)(=O)C(F)(F)F)cc2[N+](=O)[O-])[nH]1. The van der Waals surface area contributed by atoms with Crippen molar-refractivity contribution in [3.8, 4) is 0 Å². The topological polar surface area (TPSA) is 106 Å². The average Bonchev–Trinajstić information content (AvgIpc) is 2.93. The first-order chi connectivity index (χ1) is 11.1. The van der Waals surface area contributed by atoms with Gasteiger partial charge in [0.25, 0.3) is 15.5 Å². The van der Waals surface area contributed by atoms with Crippen LogP contribution in [-0.4, -0.2) is 28.8 Å². The van der Waals surface area contributed by atoms with E-state index in [1.165, 1.54) is 6.20 Å². The highest BCUT2D eigenvalue weighted by atomic mass is 32.2. The van der Waals surface area contributed by atoms with Crippen molar-refractivity contribution in [1.82, 2.24) is 9.97 Å². The van der Waals surface area contributed by atoms with Crippen LogP contribution < -0.4 is 0 Å². The molecule has 0 fully saturated rings. The molecule has 0 amide bonds. The number of nitro benzene ring substituents is 1. The lowest BCUT2D eigenvalue weighted by Crippen LogP contribution is -2.23. The molecule has 2 aromatic rings. The molecule has 1 heterocycles. The number of benzene rings is 1. The van der Waals surface area contributed by atoms with E-state index in [2.05, 4.69) is 9.97 Å². The second-order valence-electron chi connectivity index (χ2n) is 4.51. The molecule has 0 aliphatic heterocycles. The molecule has 1 aromatic carbocycles. The summed E-state index contributed by atoms with van der Waals surface area (Å²) in [4.78, 5) is 15.8. The summed E-state index contributed by atoms with van der Waals surface area (Å²) >= 11 is 0.821. The Balaban J connectivity index is 2.46. The van der Waals surface area contributed by atoms with Crippen LogP contribution in [0.25, 0.3) is 0 Å². The van der Waals surface area contributed by atoms with Crippen LogP contribution in [0.3, 0.4) is 0 Å². The molecule has 24 heavy (non-hydrogen) atoms. The normalized spacial score (nSPS) is 12.3. The van der Waals surface area contributed by atoms with Crippen molar-refractivity contribution in [2.45, 2.75) is 33.8 Å². The van der Waals surface area contributed by atoms with Gasteiger partial charge in [-0.1, -0.05) is 6.92 Å². The monoisotopic (exact) mass is 381 g/mol. The molecule has 0 atom stereocenters. The van der Waals surface area contributed by atoms with Gasteiger partial charge in [0, 0.05) is 18.0 Å². The lowest BCUT2D eigenvalue weighted by atomic mass is 10.3. The van der Waals surface area contributed by atoms with Crippen LogP contribution in [0.2, 0.25) is 0 Å². The molecule has 0 unspecified atom stereocenters. The van der Waals surface area contributed by atoms with Crippen LogP contribution in [0, 0.1) is 10.1 Å². The van der Waals surface area contributed by atoms with Crippen LogP contribution in [0.15, 0.2) is 39.3 Å². The van der Waals surface area contributed by atoms with E-state index in [4.69, 9.17) is 0 Å². The van der Waals surface area contributed by atoms with Crippen molar-refractivity contribution in [2.24, 2.45) is 0 Å². The molecule has 0 saturated heterocycles. The minimum Gasteiger partial charge on any atom is -0.337 e. The van der Waals surface area contributed by atoms with Gasteiger partial charge >= 0.3 is 5.51 Å². The highest BCUT2D eigenvalue weighted by Gasteiger charge is 2.47. The van der Waals surface area contributed by atoms with Crippen molar-refractivity contribution in [3.63, 3.8) is 0 Å². The molecule has 0 bridgehead atoms.